The molecule has 2 heterocycles. The second-order valence-corrected chi connectivity index (χ2v) is 9.41. The number of carbonyl (C=O) groups excluding carboxylic acids is 3. The quantitative estimate of drug-likeness (QED) is 0.331. The molecule has 0 aliphatic carbocycles. The van der Waals surface area contributed by atoms with E-state index in [0.717, 1.165) is 16.0 Å². The van der Waals surface area contributed by atoms with Crippen LogP contribution < -0.4 is 0 Å². The van der Waals surface area contributed by atoms with Crippen LogP contribution in [-0.2, 0) is 37.0 Å². The number of aliphatic hydroxyl groups excluding tert-OH is 1. The zero-order chi connectivity index (χ0) is 27.4. The van der Waals surface area contributed by atoms with Crippen LogP contribution in [0.15, 0.2) is 84.9 Å². The summed E-state index contributed by atoms with van der Waals surface area (Å²) in [7, 11) is 0. The van der Waals surface area contributed by atoms with Crippen molar-refractivity contribution in [1.29, 1.82) is 0 Å². The number of imide groups is 1. The first kappa shape index (κ1) is 26.7. The first-order valence-electron chi connectivity index (χ1n) is 12.7. The molecule has 2 aliphatic rings. The molecule has 9 nitrogen and oxygen atoms in total. The Balaban J connectivity index is 1.50. The minimum atomic E-state index is -1.62. The van der Waals surface area contributed by atoms with Gasteiger partial charge in [-0.15, -0.1) is 0 Å². The maximum absolute atomic E-state index is 13.4. The summed E-state index contributed by atoms with van der Waals surface area (Å²) in [5.74, 6) is -1.65. The lowest BCUT2D eigenvalue weighted by molar-refractivity contribution is -0.284. The molecule has 0 spiro atoms. The van der Waals surface area contributed by atoms with Gasteiger partial charge in [-0.25, -0.2) is 0 Å². The van der Waals surface area contributed by atoms with Crippen LogP contribution in [0.5, 0.6) is 0 Å². The standard InChI is InChI=1S/C30H29NO8/c1-19(32)36-18-24-26(37-16-20-10-4-2-5-11-20)27(38-17-21-12-6-3-7-13-21)25(30(35)39-24)31-28(33)22-14-8-9-15-23(22)29(31)34/h2-15,24-27,30,35H,16-18H2,1H3/t24-,25-,26-,27-,30?/m1/s1. The Labute approximate surface area is 225 Å². The van der Waals surface area contributed by atoms with E-state index in [1.54, 1.807) is 24.3 Å². The highest BCUT2D eigenvalue weighted by molar-refractivity contribution is 6.21. The fourth-order valence-corrected chi connectivity index (χ4v) is 4.92. The summed E-state index contributed by atoms with van der Waals surface area (Å²) in [6.45, 7) is 1.32. The van der Waals surface area contributed by atoms with Gasteiger partial charge < -0.3 is 24.1 Å². The third-order valence-electron chi connectivity index (χ3n) is 6.78. The van der Waals surface area contributed by atoms with Gasteiger partial charge in [0.1, 0.15) is 31.0 Å². The van der Waals surface area contributed by atoms with Gasteiger partial charge in [0.05, 0.1) is 24.3 Å². The molecule has 202 valence electrons. The Morgan fingerprint density at radius 2 is 1.28 bits per heavy atom. The maximum Gasteiger partial charge on any atom is 0.302 e. The first-order chi connectivity index (χ1) is 18.9. The summed E-state index contributed by atoms with van der Waals surface area (Å²) in [5, 5.41) is 11.2. The number of ether oxygens (including phenoxy) is 4. The van der Waals surface area contributed by atoms with E-state index in [2.05, 4.69) is 0 Å². The topological polar surface area (TPSA) is 112 Å². The van der Waals surface area contributed by atoms with Gasteiger partial charge in [0.2, 0.25) is 0 Å². The molecule has 2 aliphatic heterocycles. The minimum Gasteiger partial charge on any atom is -0.463 e. The fraction of sp³-hybridized carbons (Fsp3) is 0.300. The van der Waals surface area contributed by atoms with E-state index in [4.69, 9.17) is 18.9 Å². The molecule has 1 saturated heterocycles. The van der Waals surface area contributed by atoms with Gasteiger partial charge in [-0.1, -0.05) is 72.8 Å². The molecule has 1 N–H and O–H groups in total. The van der Waals surface area contributed by atoms with Crippen molar-refractivity contribution in [1.82, 2.24) is 4.90 Å². The van der Waals surface area contributed by atoms with Crippen molar-refractivity contribution in [3.63, 3.8) is 0 Å². The summed E-state index contributed by atoms with van der Waals surface area (Å²) in [4.78, 5) is 39.5. The second-order valence-electron chi connectivity index (χ2n) is 9.41. The molecular weight excluding hydrogens is 502 g/mol. The number of rotatable bonds is 9. The van der Waals surface area contributed by atoms with Crippen LogP contribution in [0, 0.1) is 0 Å². The number of carbonyl (C=O) groups is 3. The summed E-state index contributed by atoms with van der Waals surface area (Å²) >= 11 is 0. The first-order valence-corrected chi connectivity index (χ1v) is 12.7. The van der Waals surface area contributed by atoms with Crippen molar-refractivity contribution in [3.05, 3.63) is 107 Å². The van der Waals surface area contributed by atoms with E-state index >= 15 is 0 Å². The lowest BCUT2D eigenvalue weighted by atomic mass is 9.94. The number of nitrogens with zero attached hydrogens (tertiary/aromatic N) is 1. The molecule has 2 amide bonds. The van der Waals surface area contributed by atoms with Gasteiger partial charge in [0.15, 0.2) is 6.29 Å². The highest BCUT2D eigenvalue weighted by atomic mass is 16.7. The molecule has 1 fully saturated rings. The number of benzene rings is 3. The molecule has 5 atom stereocenters. The number of hydrogen-bond acceptors (Lipinski definition) is 8. The lowest BCUT2D eigenvalue weighted by Crippen LogP contribution is -2.66. The van der Waals surface area contributed by atoms with Crippen molar-refractivity contribution < 1.29 is 38.4 Å². The largest absolute Gasteiger partial charge is 0.463 e. The Morgan fingerprint density at radius 3 is 1.79 bits per heavy atom. The van der Waals surface area contributed by atoms with Gasteiger partial charge in [-0.05, 0) is 23.3 Å². The Bertz CT molecular complexity index is 1280. The molecule has 3 aromatic rings. The van der Waals surface area contributed by atoms with Crippen molar-refractivity contribution in [2.24, 2.45) is 0 Å². The summed E-state index contributed by atoms with van der Waals surface area (Å²) in [5.41, 5.74) is 2.19. The van der Waals surface area contributed by atoms with E-state index in [1.165, 1.54) is 6.92 Å². The smallest absolute Gasteiger partial charge is 0.302 e. The minimum absolute atomic E-state index is 0.114. The van der Waals surface area contributed by atoms with E-state index in [0.29, 0.717) is 0 Å². The van der Waals surface area contributed by atoms with Gasteiger partial charge in [0, 0.05) is 6.92 Å². The van der Waals surface area contributed by atoms with Crippen LogP contribution in [0.1, 0.15) is 38.8 Å². The number of amides is 2. The van der Waals surface area contributed by atoms with Gasteiger partial charge in [-0.3, -0.25) is 19.3 Å². The number of hydrogen-bond donors (Lipinski definition) is 1. The van der Waals surface area contributed by atoms with Crippen LogP contribution >= 0.6 is 0 Å². The highest BCUT2D eigenvalue weighted by Gasteiger charge is 2.54. The zero-order valence-electron chi connectivity index (χ0n) is 21.3. The van der Waals surface area contributed by atoms with Crippen molar-refractivity contribution in [2.75, 3.05) is 6.61 Å². The molecule has 0 saturated carbocycles. The number of aliphatic hydroxyl groups is 1. The van der Waals surface area contributed by atoms with E-state index in [1.807, 2.05) is 60.7 Å². The molecule has 5 rings (SSSR count). The van der Waals surface area contributed by atoms with Gasteiger partial charge >= 0.3 is 5.97 Å². The average Bonchev–Trinajstić information content (AvgIpc) is 3.20. The van der Waals surface area contributed by atoms with Crippen molar-refractivity contribution >= 4 is 17.8 Å². The van der Waals surface area contributed by atoms with Crippen LogP contribution in [0.25, 0.3) is 0 Å². The monoisotopic (exact) mass is 531 g/mol. The number of fused-ring (bicyclic) bond motifs is 1. The third kappa shape index (κ3) is 5.76. The molecule has 39 heavy (non-hydrogen) atoms. The van der Waals surface area contributed by atoms with Crippen molar-refractivity contribution in [2.45, 2.75) is 50.8 Å². The molecule has 0 radical (unpaired) electrons. The Morgan fingerprint density at radius 1 is 0.795 bits per heavy atom. The third-order valence-corrected chi connectivity index (χ3v) is 6.78. The molecule has 0 bridgehead atoms. The lowest BCUT2D eigenvalue weighted by Gasteiger charge is -2.46. The van der Waals surface area contributed by atoms with Crippen LogP contribution in [0.2, 0.25) is 0 Å². The zero-order valence-corrected chi connectivity index (χ0v) is 21.3. The van der Waals surface area contributed by atoms with Crippen molar-refractivity contribution in [3.8, 4) is 0 Å². The maximum atomic E-state index is 13.4. The molecule has 9 heteroatoms. The molecule has 3 aromatic carbocycles. The summed E-state index contributed by atoms with van der Waals surface area (Å²) in [6, 6.07) is 24.0. The summed E-state index contributed by atoms with van der Waals surface area (Å²) in [6.07, 6.45) is -4.48. The van der Waals surface area contributed by atoms with E-state index < -0.39 is 48.4 Å². The Kier molecular flexibility index (Phi) is 8.13. The van der Waals surface area contributed by atoms with Crippen LogP contribution in [0.4, 0.5) is 0 Å². The normalized spacial score (nSPS) is 24.5. The second kappa shape index (κ2) is 11.9. The predicted molar refractivity (Wildman–Crippen MR) is 138 cm³/mol. The molecular formula is C30H29NO8. The van der Waals surface area contributed by atoms with Gasteiger partial charge in [-0.2, -0.15) is 0 Å². The van der Waals surface area contributed by atoms with Crippen LogP contribution in [0.3, 0.4) is 0 Å². The van der Waals surface area contributed by atoms with Crippen LogP contribution in [-0.4, -0.2) is 65.0 Å². The molecule has 1 unspecified atom stereocenters. The average molecular weight is 532 g/mol. The predicted octanol–water partition coefficient (Wildman–Crippen LogP) is 3.10. The van der Waals surface area contributed by atoms with Gasteiger partial charge in [0.25, 0.3) is 11.8 Å². The Hall–Kier alpha value is -3.89. The highest BCUT2D eigenvalue weighted by Crippen LogP contribution is 2.35. The summed E-state index contributed by atoms with van der Waals surface area (Å²) < 4.78 is 23.7. The van der Waals surface area contributed by atoms with E-state index in [9.17, 15) is 19.5 Å². The molecule has 0 aromatic heterocycles. The van der Waals surface area contributed by atoms with E-state index in [-0.39, 0.29) is 30.9 Å². The SMILES string of the molecule is CC(=O)OC[C@H]1OC(O)[C@H](N2C(=O)c3ccccc3C2=O)[C@@H](OCc2ccccc2)[C@@H]1OCc1ccccc1. The fourth-order valence-electron chi connectivity index (χ4n) is 4.92. The number of esters is 1.